The molecule has 1 fully saturated rings. The Labute approximate surface area is 135 Å². The van der Waals surface area contributed by atoms with Crippen molar-refractivity contribution in [1.82, 2.24) is 9.88 Å². The summed E-state index contributed by atoms with van der Waals surface area (Å²) in [7, 11) is 0. The van der Waals surface area contributed by atoms with Crippen molar-refractivity contribution in [2.24, 2.45) is 0 Å². The molecule has 2 atom stereocenters. The SMILES string of the molecule is Cc1cccnc1O[C@H]1C[C@@H](C(=O)O)N(C(=O)OC(C)(C)C)C1. The molecule has 7 nitrogen and oxygen atoms in total. The van der Waals surface area contributed by atoms with Crippen molar-refractivity contribution in [3.8, 4) is 5.88 Å². The Balaban J connectivity index is 2.10. The number of likely N-dealkylation sites (tertiary alicyclic amines) is 1. The van der Waals surface area contributed by atoms with Gasteiger partial charge in [0.2, 0.25) is 5.88 Å². The molecule has 1 aromatic heterocycles. The number of carboxylic acids is 1. The second-order valence-corrected chi connectivity index (χ2v) is 6.59. The monoisotopic (exact) mass is 322 g/mol. The van der Waals surface area contributed by atoms with Crippen LogP contribution >= 0.6 is 0 Å². The topological polar surface area (TPSA) is 89.0 Å². The summed E-state index contributed by atoms with van der Waals surface area (Å²) in [6.45, 7) is 7.23. The van der Waals surface area contributed by atoms with Crippen molar-refractivity contribution in [3.05, 3.63) is 23.9 Å². The normalized spacial score (nSPS) is 21.1. The molecule has 0 saturated carbocycles. The molecule has 2 heterocycles. The highest BCUT2D eigenvalue weighted by molar-refractivity contribution is 5.81. The van der Waals surface area contributed by atoms with Crippen LogP contribution in [0.2, 0.25) is 0 Å². The van der Waals surface area contributed by atoms with Crippen LogP contribution in [-0.2, 0) is 9.53 Å². The van der Waals surface area contributed by atoms with Gasteiger partial charge in [-0.2, -0.15) is 0 Å². The Morgan fingerprint density at radius 2 is 2.09 bits per heavy atom. The minimum Gasteiger partial charge on any atom is -0.480 e. The van der Waals surface area contributed by atoms with Crippen LogP contribution in [0.4, 0.5) is 4.79 Å². The summed E-state index contributed by atoms with van der Waals surface area (Å²) in [5.41, 5.74) is 0.173. The third-order valence-corrected chi connectivity index (χ3v) is 3.42. The third kappa shape index (κ3) is 4.34. The number of amides is 1. The van der Waals surface area contributed by atoms with Crippen LogP contribution < -0.4 is 4.74 Å². The van der Waals surface area contributed by atoms with Crippen LogP contribution in [-0.4, -0.2) is 51.3 Å². The molecule has 0 aromatic carbocycles. The molecule has 0 spiro atoms. The van der Waals surface area contributed by atoms with E-state index >= 15 is 0 Å². The first-order chi connectivity index (χ1) is 10.7. The maximum absolute atomic E-state index is 12.2. The number of ether oxygens (including phenoxy) is 2. The first-order valence-corrected chi connectivity index (χ1v) is 7.48. The summed E-state index contributed by atoms with van der Waals surface area (Å²) in [5, 5.41) is 9.35. The molecule has 0 unspecified atom stereocenters. The van der Waals surface area contributed by atoms with Gasteiger partial charge in [-0.3, -0.25) is 4.90 Å². The Morgan fingerprint density at radius 1 is 1.39 bits per heavy atom. The van der Waals surface area contributed by atoms with Gasteiger partial charge in [0.05, 0.1) is 6.54 Å². The van der Waals surface area contributed by atoms with E-state index in [2.05, 4.69) is 4.98 Å². The van der Waals surface area contributed by atoms with Crippen LogP contribution in [0, 0.1) is 6.92 Å². The molecule has 7 heteroatoms. The quantitative estimate of drug-likeness (QED) is 0.918. The molecule has 1 N–H and O–H groups in total. The fourth-order valence-electron chi connectivity index (χ4n) is 2.39. The molecule has 1 amide bonds. The Bertz CT molecular complexity index is 596. The van der Waals surface area contributed by atoms with Gasteiger partial charge < -0.3 is 14.6 Å². The van der Waals surface area contributed by atoms with E-state index in [0.29, 0.717) is 5.88 Å². The molecule has 1 aliphatic heterocycles. The molecule has 23 heavy (non-hydrogen) atoms. The molecule has 0 aliphatic carbocycles. The zero-order valence-corrected chi connectivity index (χ0v) is 13.8. The summed E-state index contributed by atoms with van der Waals surface area (Å²) in [6, 6.07) is 2.69. The standard InChI is InChI=1S/C16H22N2O5/c1-10-6-5-7-17-13(10)22-11-8-12(14(19)20)18(9-11)15(21)23-16(2,3)4/h5-7,11-12H,8-9H2,1-4H3,(H,19,20)/t11-,12-/m0/s1. The number of hydrogen-bond acceptors (Lipinski definition) is 5. The van der Waals surface area contributed by atoms with Gasteiger partial charge in [-0.1, -0.05) is 6.07 Å². The van der Waals surface area contributed by atoms with Crippen molar-refractivity contribution in [3.63, 3.8) is 0 Å². The van der Waals surface area contributed by atoms with Crippen molar-refractivity contribution in [2.45, 2.75) is 51.9 Å². The van der Waals surface area contributed by atoms with Crippen LogP contribution in [0.15, 0.2) is 18.3 Å². The van der Waals surface area contributed by atoms with E-state index < -0.39 is 29.8 Å². The number of aryl methyl sites for hydroxylation is 1. The number of aliphatic carboxylic acids is 1. The highest BCUT2D eigenvalue weighted by Gasteiger charge is 2.42. The molecule has 1 aliphatic rings. The van der Waals surface area contributed by atoms with Crippen molar-refractivity contribution < 1.29 is 24.2 Å². The van der Waals surface area contributed by atoms with E-state index in [1.807, 2.05) is 13.0 Å². The van der Waals surface area contributed by atoms with Crippen molar-refractivity contribution >= 4 is 12.1 Å². The lowest BCUT2D eigenvalue weighted by Gasteiger charge is -2.26. The van der Waals surface area contributed by atoms with E-state index in [4.69, 9.17) is 9.47 Å². The molecule has 126 valence electrons. The first kappa shape index (κ1) is 17.1. The van der Waals surface area contributed by atoms with Crippen LogP contribution in [0.3, 0.4) is 0 Å². The predicted molar refractivity (Wildman–Crippen MR) is 82.4 cm³/mol. The second kappa shape index (κ2) is 6.44. The van der Waals surface area contributed by atoms with Crippen molar-refractivity contribution in [2.75, 3.05) is 6.54 Å². The number of rotatable bonds is 3. The smallest absolute Gasteiger partial charge is 0.411 e. The first-order valence-electron chi connectivity index (χ1n) is 7.48. The van der Waals surface area contributed by atoms with E-state index in [1.54, 1.807) is 33.0 Å². The molecule has 0 radical (unpaired) electrons. The number of hydrogen-bond donors (Lipinski definition) is 1. The lowest BCUT2D eigenvalue weighted by atomic mass is 10.2. The van der Waals surface area contributed by atoms with Gasteiger partial charge in [-0.25, -0.2) is 14.6 Å². The van der Waals surface area contributed by atoms with Gasteiger partial charge >= 0.3 is 12.1 Å². The van der Waals surface area contributed by atoms with Gasteiger partial charge in [-0.05, 0) is 33.8 Å². The summed E-state index contributed by atoms with van der Waals surface area (Å²) >= 11 is 0. The van der Waals surface area contributed by atoms with Crippen LogP contribution in [0.1, 0.15) is 32.8 Å². The third-order valence-electron chi connectivity index (χ3n) is 3.42. The summed E-state index contributed by atoms with van der Waals surface area (Å²) in [6.07, 6.45) is 0.730. The molecular weight excluding hydrogens is 300 g/mol. The Morgan fingerprint density at radius 3 is 2.65 bits per heavy atom. The van der Waals surface area contributed by atoms with E-state index in [9.17, 15) is 14.7 Å². The van der Waals surface area contributed by atoms with Gasteiger partial charge in [0, 0.05) is 18.2 Å². The van der Waals surface area contributed by atoms with Crippen molar-refractivity contribution in [1.29, 1.82) is 0 Å². The number of pyridine rings is 1. The highest BCUT2D eigenvalue weighted by atomic mass is 16.6. The fourth-order valence-corrected chi connectivity index (χ4v) is 2.39. The maximum atomic E-state index is 12.2. The molecular formula is C16H22N2O5. The number of aromatic nitrogens is 1. The summed E-state index contributed by atoms with van der Waals surface area (Å²) < 4.78 is 11.0. The molecule has 2 rings (SSSR count). The maximum Gasteiger partial charge on any atom is 0.411 e. The fraction of sp³-hybridized carbons (Fsp3) is 0.562. The predicted octanol–water partition coefficient (Wildman–Crippen LogP) is 2.23. The number of carbonyl (C=O) groups is 2. The number of carbonyl (C=O) groups excluding carboxylic acids is 1. The van der Waals surface area contributed by atoms with Gasteiger partial charge in [0.1, 0.15) is 17.7 Å². The molecule has 0 bridgehead atoms. The number of carboxylic acid groups (broad SMARTS) is 1. The minimum absolute atomic E-state index is 0.155. The van der Waals surface area contributed by atoms with Crippen LogP contribution in [0.5, 0.6) is 5.88 Å². The summed E-state index contributed by atoms with van der Waals surface area (Å²) in [5.74, 6) is -0.618. The van der Waals surface area contributed by atoms with Gasteiger partial charge in [0.15, 0.2) is 0 Å². The minimum atomic E-state index is -1.07. The largest absolute Gasteiger partial charge is 0.480 e. The van der Waals surface area contributed by atoms with E-state index in [0.717, 1.165) is 5.56 Å². The lowest BCUT2D eigenvalue weighted by molar-refractivity contribution is -0.142. The highest BCUT2D eigenvalue weighted by Crippen LogP contribution is 2.25. The van der Waals surface area contributed by atoms with E-state index in [1.165, 1.54) is 4.90 Å². The van der Waals surface area contributed by atoms with E-state index in [-0.39, 0.29) is 13.0 Å². The number of nitrogens with zero attached hydrogens (tertiary/aromatic N) is 2. The lowest BCUT2D eigenvalue weighted by Crippen LogP contribution is -2.43. The average molecular weight is 322 g/mol. The van der Waals surface area contributed by atoms with Gasteiger partial charge in [0.25, 0.3) is 0 Å². The Kier molecular flexibility index (Phi) is 4.77. The Hall–Kier alpha value is -2.31. The zero-order chi connectivity index (χ0) is 17.2. The summed E-state index contributed by atoms with van der Waals surface area (Å²) in [4.78, 5) is 29.0. The van der Waals surface area contributed by atoms with Gasteiger partial charge in [-0.15, -0.1) is 0 Å². The van der Waals surface area contributed by atoms with Crippen LogP contribution in [0.25, 0.3) is 0 Å². The molecule has 1 aromatic rings. The molecule has 1 saturated heterocycles. The second-order valence-electron chi connectivity index (χ2n) is 6.59. The zero-order valence-electron chi connectivity index (χ0n) is 13.8. The average Bonchev–Trinajstić information content (AvgIpc) is 2.84.